The quantitative estimate of drug-likeness (QED) is 0.740. The van der Waals surface area contributed by atoms with E-state index in [4.69, 9.17) is 4.74 Å². The van der Waals surface area contributed by atoms with Gasteiger partial charge in [-0.1, -0.05) is 12.2 Å². The number of carboxylic acids is 1. The molecule has 0 aromatic heterocycles. The van der Waals surface area contributed by atoms with Crippen molar-refractivity contribution in [3.05, 3.63) is 12.2 Å². The van der Waals surface area contributed by atoms with E-state index >= 15 is 0 Å². The van der Waals surface area contributed by atoms with E-state index in [9.17, 15) is 14.7 Å². The van der Waals surface area contributed by atoms with Crippen molar-refractivity contribution >= 4 is 12.1 Å². The van der Waals surface area contributed by atoms with Crippen LogP contribution in [0.3, 0.4) is 0 Å². The molecule has 3 unspecified atom stereocenters. The molecule has 0 aromatic carbocycles. The lowest BCUT2D eigenvalue weighted by molar-refractivity contribution is -0.143. The fourth-order valence-electron chi connectivity index (χ4n) is 2.90. The van der Waals surface area contributed by atoms with Gasteiger partial charge in [-0.15, -0.1) is 0 Å². The molecule has 1 heterocycles. The van der Waals surface area contributed by atoms with Crippen LogP contribution in [0.15, 0.2) is 12.2 Å². The van der Waals surface area contributed by atoms with Crippen LogP contribution in [-0.2, 0) is 9.53 Å². The first-order valence-electron chi connectivity index (χ1n) is 6.68. The summed E-state index contributed by atoms with van der Waals surface area (Å²) in [7, 11) is 0. The molecular weight excluding hydrogens is 246 g/mol. The van der Waals surface area contributed by atoms with Gasteiger partial charge in [-0.2, -0.15) is 0 Å². The molecule has 0 bridgehead atoms. The van der Waals surface area contributed by atoms with Crippen LogP contribution in [0, 0.1) is 11.8 Å². The SMILES string of the molecule is CC(C)(C)OC(=O)N1CC2C=CCCC2C1C(=O)O. The van der Waals surface area contributed by atoms with Gasteiger partial charge in [0.2, 0.25) is 0 Å². The Labute approximate surface area is 113 Å². The summed E-state index contributed by atoms with van der Waals surface area (Å²) >= 11 is 0. The number of aliphatic carboxylic acids is 1. The zero-order valence-corrected chi connectivity index (χ0v) is 11.6. The number of carboxylic acid groups (broad SMARTS) is 1. The monoisotopic (exact) mass is 267 g/mol. The molecule has 1 saturated heterocycles. The Kier molecular flexibility index (Phi) is 3.56. The van der Waals surface area contributed by atoms with Crippen LogP contribution >= 0.6 is 0 Å². The van der Waals surface area contributed by atoms with E-state index in [0.717, 1.165) is 12.8 Å². The molecule has 0 spiro atoms. The molecule has 2 aliphatic rings. The second-order valence-electron chi connectivity index (χ2n) is 6.25. The Morgan fingerprint density at radius 1 is 1.37 bits per heavy atom. The van der Waals surface area contributed by atoms with Gasteiger partial charge in [0.15, 0.2) is 0 Å². The summed E-state index contributed by atoms with van der Waals surface area (Å²) in [5, 5.41) is 9.40. The third-order valence-corrected chi connectivity index (χ3v) is 3.63. The fourth-order valence-corrected chi connectivity index (χ4v) is 2.90. The number of carbonyl (C=O) groups excluding carboxylic acids is 1. The van der Waals surface area contributed by atoms with Gasteiger partial charge < -0.3 is 9.84 Å². The van der Waals surface area contributed by atoms with Crippen molar-refractivity contribution in [3.8, 4) is 0 Å². The van der Waals surface area contributed by atoms with Gasteiger partial charge in [0.1, 0.15) is 11.6 Å². The van der Waals surface area contributed by atoms with Crippen LogP contribution in [0.25, 0.3) is 0 Å². The minimum Gasteiger partial charge on any atom is -0.480 e. The fraction of sp³-hybridized carbons (Fsp3) is 0.714. The van der Waals surface area contributed by atoms with Crippen LogP contribution in [0.2, 0.25) is 0 Å². The molecule has 2 rings (SSSR count). The topological polar surface area (TPSA) is 66.8 Å². The Morgan fingerprint density at radius 2 is 2.05 bits per heavy atom. The molecule has 3 atom stereocenters. The maximum absolute atomic E-state index is 12.1. The van der Waals surface area contributed by atoms with Crippen molar-refractivity contribution in [2.24, 2.45) is 11.8 Å². The zero-order valence-electron chi connectivity index (χ0n) is 11.6. The molecule has 1 fully saturated rings. The number of amides is 1. The van der Waals surface area contributed by atoms with E-state index in [1.54, 1.807) is 20.8 Å². The van der Waals surface area contributed by atoms with Crippen LogP contribution < -0.4 is 0 Å². The number of carbonyl (C=O) groups is 2. The molecule has 5 nitrogen and oxygen atoms in total. The van der Waals surface area contributed by atoms with Gasteiger partial charge in [0, 0.05) is 6.54 Å². The third-order valence-electron chi connectivity index (χ3n) is 3.63. The number of likely N-dealkylation sites (tertiary alicyclic amines) is 1. The number of hydrogen-bond donors (Lipinski definition) is 1. The molecule has 0 radical (unpaired) electrons. The van der Waals surface area contributed by atoms with E-state index < -0.39 is 23.7 Å². The van der Waals surface area contributed by atoms with E-state index in [1.807, 2.05) is 6.08 Å². The van der Waals surface area contributed by atoms with E-state index in [1.165, 1.54) is 4.90 Å². The molecular formula is C14H21NO4. The molecule has 0 aromatic rings. The molecule has 0 saturated carbocycles. The Bertz CT molecular complexity index is 410. The maximum Gasteiger partial charge on any atom is 0.411 e. The number of hydrogen-bond acceptors (Lipinski definition) is 3. The highest BCUT2D eigenvalue weighted by Crippen LogP contribution is 2.38. The molecule has 1 aliphatic carbocycles. The van der Waals surface area contributed by atoms with Gasteiger partial charge >= 0.3 is 12.1 Å². The van der Waals surface area contributed by atoms with E-state index in [2.05, 4.69) is 6.08 Å². The minimum atomic E-state index is -0.936. The zero-order chi connectivity index (χ0) is 14.2. The van der Waals surface area contributed by atoms with Crippen molar-refractivity contribution in [2.45, 2.75) is 45.3 Å². The van der Waals surface area contributed by atoms with Gasteiger partial charge in [-0.3, -0.25) is 4.90 Å². The third kappa shape index (κ3) is 2.91. The highest BCUT2D eigenvalue weighted by atomic mass is 16.6. The van der Waals surface area contributed by atoms with Gasteiger partial charge in [0.05, 0.1) is 0 Å². The molecule has 106 valence electrons. The number of allylic oxidation sites excluding steroid dienone is 1. The Hall–Kier alpha value is -1.52. The number of ether oxygens (including phenoxy) is 1. The standard InChI is InChI=1S/C14H21NO4/c1-14(2,3)19-13(18)15-8-9-6-4-5-7-10(9)11(15)12(16)17/h4,6,9-11H,5,7-8H2,1-3H3,(H,16,17). The Morgan fingerprint density at radius 3 is 2.63 bits per heavy atom. The summed E-state index contributed by atoms with van der Waals surface area (Å²) in [6.07, 6.45) is 5.28. The lowest BCUT2D eigenvalue weighted by atomic mass is 9.83. The van der Waals surface area contributed by atoms with Crippen LogP contribution in [0.5, 0.6) is 0 Å². The van der Waals surface area contributed by atoms with Crippen LogP contribution in [0.4, 0.5) is 4.79 Å². The summed E-state index contributed by atoms with van der Waals surface area (Å²) in [6, 6.07) is -0.759. The molecule has 1 aliphatic heterocycles. The average Bonchev–Trinajstić information content (AvgIpc) is 2.65. The van der Waals surface area contributed by atoms with Gasteiger partial charge in [-0.05, 0) is 45.4 Å². The summed E-state index contributed by atoms with van der Waals surface area (Å²) in [5.41, 5.74) is -0.607. The largest absolute Gasteiger partial charge is 0.480 e. The van der Waals surface area contributed by atoms with Crippen molar-refractivity contribution in [2.75, 3.05) is 6.54 Å². The predicted molar refractivity (Wildman–Crippen MR) is 69.7 cm³/mol. The summed E-state index contributed by atoms with van der Waals surface area (Å²) in [6.45, 7) is 5.78. The first-order chi connectivity index (χ1) is 8.79. The van der Waals surface area contributed by atoms with Crippen molar-refractivity contribution in [1.29, 1.82) is 0 Å². The van der Waals surface area contributed by atoms with Crippen LogP contribution in [-0.4, -0.2) is 40.3 Å². The van der Waals surface area contributed by atoms with E-state index in [0.29, 0.717) is 6.54 Å². The highest BCUT2D eigenvalue weighted by molar-refractivity contribution is 5.81. The number of fused-ring (bicyclic) bond motifs is 1. The Balaban J connectivity index is 2.18. The molecule has 19 heavy (non-hydrogen) atoms. The van der Waals surface area contributed by atoms with Crippen molar-refractivity contribution < 1.29 is 19.4 Å². The minimum absolute atomic E-state index is 0.00928. The summed E-state index contributed by atoms with van der Waals surface area (Å²) in [4.78, 5) is 25.0. The second-order valence-corrected chi connectivity index (χ2v) is 6.25. The molecule has 1 N–H and O–H groups in total. The van der Waals surface area contributed by atoms with Gasteiger partial charge in [-0.25, -0.2) is 9.59 Å². The lowest BCUT2D eigenvalue weighted by Gasteiger charge is -2.28. The summed E-state index contributed by atoms with van der Waals surface area (Å²) < 4.78 is 5.31. The van der Waals surface area contributed by atoms with Crippen molar-refractivity contribution in [3.63, 3.8) is 0 Å². The van der Waals surface area contributed by atoms with E-state index in [-0.39, 0.29) is 11.8 Å². The lowest BCUT2D eigenvalue weighted by Crippen LogP contribution is -2.45. The average molecular weight is 267 g/mol. The normalized spacial score (nSPS) is 30.1. The highest BCUT2D eigenvalue weighted by Gasteiger charge is 2.48. The van der Waals surface area contributed by atoms with Gasteiger partial charge in [0.25, 0.3) is 0 Å². The smallest absolute Gasteiger partial charge is 0.411 e. The first kappa shape index (κ1) is 13.9. The molecule has 1 amide bonds. The van der Waals surface area contributed by atoms with Crippen LogP contribution in [0.1, 0.15) is 33.6 Å². The summed E-state index contributed by atoms with van der Waals surface area (Å²) in [5.74, 6) is -0.786. The first-order valence-corrected chi connectivity index (χ1v) is 6.68. The molecule has 5 heteroatoms. The number of rotatable bonds is 1. The predicted octanol–water partition coefficient (Wildman–Crippen LogP) is 2.27. The maximum atomic E-state index is 12.1. The van der Waals surface area contributed by atoms with Crippen molar-refractivity contribution in [1.82, 2.24) is 4.90 Å². The second kappa shape index (κ2) is 4.87. The number of nitrogens with zero attached hydrogens (tertiary/aromatic N) is 1.